The van der Waals surface area contributed by atoms with Gasteiger partial charge in [-0.15, -0.1) is 0 Å². The predicted molar refractivity (Wildman–Crippen MR) is 138 cm³/mol. The Morgan fingerprint density at radius 3 is 2.71 bits per heavy atom. The summed E-state index contributed by atoms with van der Waals surface area (Å²) in [5.41, 5.74) is 1.55. The van der Waals surface area contributed by atoms with Crippen molar-refractivity contribution in [2.45, 2.75) is 64.3 Å². The average Bonchev–Trinajstić information content (AvgIpc) is 3.21. The van der Waals surface area contributed by atoms with E-state index in [0.29, 0.717) is 12.8 Å². The molecule has 5 unspecified atom stereocenters. The lowest BCUT2D eigenvalue weighted by Gasteiger charge is -2.28. The summed E-state index contributed by atoms with van der Waals surface area (Å²) < 4.78 is 34.4. The first-order valence-corrected chi connectivity index (χ1v) is 13.4. The molecular weight excluding hydrogens is 468 g/mol. The van der Waals surface area contributed by atoms with Crippen molar-refractivity contribution in [3.05, 3.63) is 80.9 Å². The number of halogens is 2. The number of nitrogens with one attached hydrogen (secondary N) is 1. The molecule has 0 radical (unpaired) electrons. The van der Waals surface area contributed by atoms with Crippen LogP contribution in [0, 0.1) is 11.8 Å². The molecule has 4 aliphatic rings. The predicted octanol–water partition coefficient (Wildman–Crippen LogP) is 6.47. The molecule has 3 aliphatic carbocycles. The third-order valence-corrected chi connectivity index (χ3v) is 8.21. The monoisotopic (exact) mass is 503 g/mol. The zero-order valence-corrected chi connectivity index (χ0v) is 21.2. The molecule has 35 heavy (non-hydrogen) atoms. The number of ether oxygens (including phenoxy) is 1. The standard InChI is InChI=1S/C28H35F2NO3S/c1-3-11-31-16-22(4-2)34-23-8-5-17(6-9-23)27(33)26-24-10-7-21(32)15-25(24)35-28(26)18-12-19(29)14-20(30)13-18/h5-8,12,14-15,18,22-24,27,31-33H,3-4,9-11,13,16H2,1-2H3. The summed E-state index contributed by atoms with van der Waals surface area (Å²) in [5.74, 6) is -1.50. The van der Waals surface area contributed by atoms with E-state index in [1.54, 1.807) is 12.2 Å². The summed E-state index contributed by atoms with van der Waals surface area (Å²) in [7, 11) is 0. The second-order valence-electron chi connectivity index (χ2n) is 9.45. The van der Waals surface area contributed by atoms with Gasteiger partial charge in [0.05, 0.1) is 12.2 Å². The molecule has 0 aromatic heterocycles. The molecule has 1 aliphatic heterocycles. The van der Waals surface area contributed by atoms with Gasteiger partial charge in [-0.1, -0.05) is 43.8 Å². The molecule has 0 aromatic carbocycles. The van der Waals surface area contributed by atoms with Crippen LogP contribution in [0.1, 0.15) is 46.0 Å². The van der Waals surface area contributed by atoms with Gasteiger partial charge in [-0.05, 0) is 66.5 Å². The van der Waals surface area contributed by atoms with E-state index in [-0.39, 0.29) is 30.3 Å². The second-order valence-corrected chi connectivity index (χ2v) is 10.6. The molecule has 0 amide bonds. The number of rotatable bonds is 10. The van der Waals surface area contributed by atoms with Gasteiger partial charge in [0.25, 0.3) is 0 Å². The van der Waals surface area contributed by atoms with Crippen LogP contribution in [-0.2, 0) is 4.74 Å². The number of allylic oxidation sites excluding steroid dienone is 8. The summed E-state index contributed by atoms with van der Waals surface area (Å²) in [4.78, 5) is 1.68. The van der Waals surface area contributed by atoms with E-state index in [2.05, 4.69) is 19.2 Å². The van der Waals surface area contributed by atoms with Gasteiger partial charge in [0.2, 0.25) is 0 Å². The molecule has 4 rings (SSSR count). The van der Waals surface area contributed by atoms with E-state index in [4.69, 9.17) is 4.74 Å². The van der Waals surface area contributed by atoms with Crippen LogP contribution < -0.4 is 5.32 Å². The van der Waals surface area contributed by atoms with E-state index in [1.165, 1.54) is 17.8 Å². The third kappa shape index (κ3) is 6.26. The maximum absolute atomic E-state index is 14.1. The van der Waals surface area contributed by atoms with E-state index in [0.717, 1.165) is 53.0 Å². The van der Waals surface area contributed by atoms with Crippen LogP contribution in [0.15, 0.2) is 80.9 Å². The van der Waals surface area contributed by atoms with E-state index in [9.17, 15) is 19.0 Å². The molecule has 0 saturated carbocycles. The van der Waals surface area contributed by atoms with Crippen LogP contribution in [0.2, 0.25) is 0 Å². The molecule has 4 nitrogen and oxygen atoms in total. The van der Waals surface area contributed by atoms with Crippen LogP contribution in [0.5, 0.6) is 0 Å². The molecule has 0 aromatic rings. The van der Waals surface area contributed by atoms with E-state index < -0.39 is 23.7 Å². The maximum Gasteiger partial charge on any atom is 0.122 e. The Morgan fingerprint density at radius 2 is 2.03 bits per heavy atom. The number of hydrogen-bond acceptors (Lipinski definition) is 5. The summed E-state index contributed by atoms with van der Waals surface area (Å²) in [5, 5.41) is 24.9. The fourth-order valence-electron chi connectivity index (χ4n) is 4.98. The molecule has 5 atom stereocenters. The maximum atomic E-state index is 14.1. The minimum atomic E-state index is -0.891. The highest BCUT2D eigenvalue weighted by Crippen LogP contribution is 2.55. The molecular formula is C28H35F2NO3S. The van der Waals surface area contributed by atoms with Gasteiger partial charge in [-0.25, -0.2) is 8.78 Å². The molecule has 0 saturated heterocycles. The van der Waals surface area contributed by atoms with Gasteiger partial charge in [0.15, 0.2) is 0 Å². The van der Waals surface area contributed by atoms with Crippen molar-refractivity contribution in [1.82, 2.24) is 5.32 Å². The van der Waals surface area contributed by atoms with Crippen molar-refractivity contribution >= 4 is 11.8 Å². The second kappa shape index (κ2) is 11.9. The molecule has 3 N–H and O–H groups in total. The van der Waals surface area contributed by atoms with Gasteiger partial charge < -0.3 is 20.3 Å². The van der Waals surface area contributed by atoms with Gasteiger partial charge in [-0.3, -0.25) is 0 Å². The fraction of sp³-hybridized carbons (Fsp3) is 0.500. The van der Waals surface area contributed by atoms with Crippen LogP contribution in [0.4, 0.5) is 8.78 Å². The minimum Gasteiger partial charge on any atom is -0.508 e. The fourth-order valence-corrected chi connectivity index (χ4v) is 6.45. The number of fused-ring (bicyclic) bond motifs is 1. The van der Waals surface area contributed by atoms with Crippen molar-refractivity contribution in [2.24, 2.45) is 11.8 Å². The topological polar surface area (TPSA) is 61.7 Å². The SMILES string of the molecule is CCCNCC(CC)OC1C=CC(C(O)C2=C(C3C=C(F)C=C(F)C3)SC3=CC(O)=CCC32)=CC1. The van der Waals surface area contributed by atoms with Gasteiger partial charge in [0, 0.05) is 35.8 Å². The minimum absolute atomic E-state index is 0.0506. The van der Waals surface area contributed by atoms with Gasteiger partial charge in [0.1, 0.15) is 23.5 Å². The van der Waals surface area contributed by atoms with Gasteiger partial charge >= 0.3 is 0 Å². The summed E-state index contributed by atoms with van der Waals surface area (Å²) >= 11 is 1.42. The lowest BCUT2D eigenvalue weighted by molar-refractivity contribution is 0.0127. The summed E-state index contributed by atoms with van der Waals surface area (Å²) in [6, 6.07) is 0. The largest absolute Gasteiger partial charge is 0.508 e. The van der Waals surface area contributed by atoms with Crippen LogP contribution in [0.3, 0.4) is 0 Å². The Kier molecular flexibility index (Phi) is 8.87. The first-order valence-electron chi connectivity index (χ1n) is 12.6. The molecule has 1 heterocycles. The summed E-state index contributed by atoms with van der Waals surface area (Å²) in [6.45, 7) is 6.04. The third-order valence-electron chi connectivity index (χ3n) is 6.81. The highest BCUT2D eigenvalue weighted by atomic mass is 32.2. The smallest absolute Gasteiger partial charge is 0.122 e. The van der Waals surface area contributed by atoms with Crippen molar-refractivity contribution in [3.63, 3.8) is 0 Å². The molecule has 7 heteroatoms. The summed E-state index contributed by atoms with van der Waals surface area (Å²) in [6.07, 6.45) is 14.1. The number of aliphatic hydroxyl groups excluding tert-OH is 2. The lowest BCUT2D eigenvalue weighted by atomic mass is 9.81. The van der Waals surface area contributed by atoms with Crippen molar-refractivity contribution in [1.29, 1.82) is 0 Å². The quantitative estimate of drug-likeness (QED) is 0.298. The Balaban J connectivity index is 1.51. The first-order chi connectivity index (χ1) is 16.9. The van der Waals surface area contributed by atoms with E-state index >= 15 is 0 Å². The lowest BCUT2D eigenvalue weighted by Crippen LogP contribution is -2.32. The number of thioether (sulfide) groups is 1. The Hall–Kier alpha value is -1.93. The van der Waals surface area contributed by atoms with Crippen LogP contribution >= 0.6 is 11.8 Å². The molecule has 0 fully saturated rings. The van der Waals surface area contributed by atoms with Gasteiger partial charge in [-0.2, -0.15) is 0 Å². The zero-order chi connectivity index (χ0) is 24.9. The Labute approximate surface area is 210 Å². The number of hydrogen-bond donors (Lipinski definition) is 3. The number of aliphatic hydroxyl groups is 2. The Morgan fingerprint density at radius 1 is 1.20 bits per heavy atom. The highest BCUT2D eigenvalue weighted by Gasteiger charge is 2.40. The normalized spacial score (nSPS) is 28.0. The zero-order valence-electron chi connectivity index (χ0n) is 20.3. The molecule has 0 bridgehead atoms. The average molecular weight is 504 g/mol. The van der Waals surface area contributed by atoms with E-state index in [1.807, 2.05) is 18.2 Å². The molecule has 0 spiro atoms. The van der Waals surface area contributed by atoms with Crippen LogP contribution in [-0.4, -0.2) is 41.6 Å². The first kappa shape index (κ1) is 26.1. The Bertz CT molecular complexity index is 1020. The van der Waals surface area contributed by atoms with Crippen LogP contribution in [0.25, 0.3) is 0 Å². The van der Waals surface area contributed by atoms with Crippen molar-refractivity contribution in [3.8, 4) is 0 Å². The van der Waals surface area contributed by atoms with Crippen molar-refractivity contribution < 1.29 is 23.7 Å². The highest BCUT2D eigenvalue weighted by molar-refractivity contribution is 8.07. The van der Waals surface area contributed by atoms with Crippen molar-refractivity contribution in [2.75, 3.05) is 13.1 Å². The molecule has 190 valence electrons.